The molecule has 0 fully saturated rings. The normalized spacial score (nSPS) is 11.9. The number of azo groups is 1. The second-order valence-corrected chi connectivity index (χ2v) is 9.50. The fourth-order valence-corrected chi connectivity index (χ4v) is 6.61. The molecule has 0 N–H and O–H groups in total. The summed E-state index contributed by atoms with van der Waals surface area (Å²) in [6, 6.07) is 2.77. The molecular weight excluding hydrogens is 288 g/mol. The standard InChI is InChI=1S/C14H28N2O4Si/c1-6-9-21(10-7-2,11-8-3)20-14(18)16-15-13(17)19-12(4)5/h12H,6-11H2,1-5H3. The van der Waals surface area contributed by atoms with Gasteiger partial charge in [-0.3, -0.25) is 0 Å². The summed E-state index contributed by atoms with van der Waals surface area (Å²) in [6.45, 7) is 9.66. The van der Waals surface area contributed by atoms with Crippen molar-refractivity contribution in [2.75, 3.05) is 0 Å². The van der Waals surface area contributed by atoms with E-state index < -0.39 is 20.5 Å². The van der Waals surface area contributed by atoms with Gasteiger partial charge < -0.3 is 9.16 Å². The Bertz CT molecular complexity index is 342. The van der Waals surface area contributed by atoms with Crippen LogP contribution < -0.4 is 0 Å². The van der Waals surface area contributed by atoms with Gasteiger partial charge in [0.2, 0.25) is 0 Å². The Morgan fingerprint density at radius 2 is 1.33 bits per heavy atom. The van der Waals surface area contributed by atoms with Crippen LogP contribution in [0.15, 0.2) is 10.2 Å². The third kappa shape index (κ3) is 8.59. The van der Waals surface area contributed by atoms with Gasteiger partial charge in [0.25, 0.3) is 8.32 Å². The zero-order valence-electron chi connectivity index (χ0n) is 13.8. The maximum absolute atomic E-state index is 11.8. The Kier molecular flexibility index (Phi) is 9.86. The first-order valence-electron chi connectivity index (χ1n) is 7.74. The number of ether oxygens (including phenoxy) is 1. The van der Waals surface area contributed by atoms with E-state index in [0.717, 1.165) is 37.4 Å². The predicted molar refractivity (Wildman–Crippen MR) is 84.0 cm³/mol. The smallest absolute Gasteiger partial charge is 0.452 e. The molecule has 122 valence electrons. The molecule has 0 saturated carbocycles. The molecule has 0 aliphatic carbocycles. The summed E-state index contributed by atoms with van der Waals surface area (Å²) in [5.41, 5.74) is 0. The zero-order valence-corrected chi connectivity index (χ0v) is 14.8. The summed E-state index contributed by atoms with van der Waals surface area (Å²) >= 11 is 0. The van der Waals surface area contributed by atoms with Crippen molar-refractivity contribution in [3.05, 3.63) is 0 Å². The van der Waals surface area contributed by atoms with Gasteiger partial charge in [-0.2, -0.15) is 0 Å². The largest absolute Gasteiger partial charge is 0.501 e. The third-order valence-electron chi connectivity index (χ3n) is 2.97. The highest BCUT2D eigenvalue weighted by Gasteiger charge is 2.36. The number of amides is 2. The predicted octanol–water partition coefficient (Wildman–Crippen LogP) is 5.30. The number of hydrogen-bond acceptors (Lipinski definition) is 4. The summed E-state index contributed by atoms with van der Waals surface area (Å²) < 4.78 is 10.4. The lowest BCUT2D eigenvalue weighted by atomic mass is 10.5. The first kappa shape index (κ1) is 19.8. The van der Waals surface area contributed by atoms with E-state index in [1.807, 2.05) is 0 Å². The molecule has 21 heavy (non-hydrogen) atoms. The molecule has 0 unspecified atom stereocenters. The molecule has 0 atom stereocenters. The minimum atomic E-state index is -2.12. The molecule has 0 radical (unpaired) electrons. The van der Waals surface area contributed by atoms with Gasteiger partial charge in [0.05, 0.1) is 6.10 Å². The van der Waals surface area contributed by atoms with E-state index in [4.69, 9.17) is 9.16 Å². The van der Waals surface area contributed by atoms with Crippen LogP contribution in [0.25, 0.3) is 0 Å². The van der Waals surface area contributed by atoms with Crippen molar-refractivity contribution < 1.29 is 18.8 Å². The van der Waals surface area contributed by atoms with Crippen molar-refractivity contribution >= 4 is 20.5 Å². The highest BCUT2D eigenvalue weighted by Crippen LogP contribution is 2.28. The van der Waals surface area contributed by atoms with Crippen LogP contribution in [-0.4, -0.2) is 26.6 Å². The Labute approximate surface area is 128 Å². The van der Waals surface area contributed by atoms with Crippen molar-refractivity contribution in [1.82, 2.24) is 0 Å². The molecule has 0 aromatic rings. The van der Waals surface area contributed by atoms with E-state index in [-0.39, 0.29) is 6.10 Å². The third-order valence-corrected chi connectivity index (χ3v) is 7.81. The number of rotatable bonds is 8. The SMILES string of the molecule is CCC[Si](CCC)(CCC)OC(=O)N=NC(=O)OC(C)C. The average molecular weight is 316 g/mol. The molecule has 0 saturated heterocycles. The van der Waals surface area contributed by atoms with E-state index in [1.165, 1.54) is 0 Å². The van der Waals surface area contributed by atoms with Crippen LogP contribution in [0.5, 0.6) is 0 Å². The van der Waals surface area contributed by atoms with Gasteiger partial charge >= 0.3 is 12.2 Å². The van der Waals surface area contributed by atoms with Gasteiger partial charge in [0.15, 0.2) is 0 Å². The summed E-state index contributed by atoms with van der Waals surface area (Å²) in [5, 5.41) is 6.57. The zero-order chi connectivity index (χ0) is 16.3. The molecule has 0 aliphatic heterocycles. The van der Waals surface area contributed by atoms with Crippen molar-refractivity contribution in [2.45, 2.75) is 78.1 Å². The molecule has 0 heterocycles. The molecule has 0 aliphatic rings. The van der Waals surface area contributed by atoms with Gasteiger partial charge in [0, 0.05) is 0 Å². The monoisotopic (exact) mass is 316 g/mol. The van der Waals surface area contributed by atoms with Crippen LogP contribution in [0.2, 0.25) is 18.1 Å². The molecule has 2 amide bonds. The second-order valence-electron chi connectivity index (χ2n) is 5.43. The second kappa shape index (κ2) is 10.5. The van der Waals surface area contributed by atoms with Gasteiger partial charge in [0.1, 0.15) is 0 Å². The molecule has 6 nitrogen and oxygen atoms in total. The van der Waals surface area contributed by atoms with E-state index in [1.54, 1.807) is 13.8 Å². The van der Waals surface area contributed by atoms with Crippen LogP contribution in [0.3, 0.4) is 0 Å². The first-order chi connectivity index (χ1) is 9.89. The van der Waals surface area contributed by atoms with Crippen LogP contribution in [0.1, 0.15) is 53.9 Å². The highest BCUT2D eigenvalue weighted by molar-refractivity contribution is 6.75. The minimum Gasteiger partial charge on any atom is -0.501 e. The summed E-state index contributed by atoms with van der Waals surface area (Å²) in [5.74, 6) is 0. The first-order valence-corrected chi connectivity index (χ1v) is 10.3. The maximum Gasteiger partial charge on any atom is 0.452 e. The Balaban J connectivity index is 4.71. The van der Waals surface area contributed by atoms with E-state index in [9.17, 15) is 9.59 Å². The van der Waals surface area contributed by atoms with Gasteiger partial charge in [-0.1, -0.05) is 50.3 Å². The van der Waals surface area contributed by atoms with E-state index in [2.05, 4.69) is 31.0 Å². The van der Waals surface area contributed by atoms with Crippen molar-refractivity contribution in [3.8, 4) is 0 Å². The topological polar surface area (TPSA) is 77.3 Å². The highest BCUT2D eigenvalue weighted by atomic mass is 28.4. The van der Waals surface area contributed by atoms with Crippen molar-refractivity contribution in [1.29, 1.82) is 0 Å². The fourth-order valence-electron chi connectivity index (χ4n) is 2.41. The van der Waals surface area contributed by atoms with Gasteiger partial charge in [-0.25, -0.2) is 9.59 Å². The molecular formula is C14H28N2O4Si. The van der Waals surface area contributed by atoms with Crippen LogP contribution in [0.4, 0.5) is 9.59 Å². The van der Waals surface area contributed by atoms with Gasteiger partial charge in [-0.15, -0.1) is 0 Å². The maximum atomic E-state index is 11.8. The lowest BCUT2D eigenvalue weighted by molar-refractivity contribution is 0.123. The number of nitrogens with zero attached hydrogens (tertiary/aromatic N) is 2. The summed E-state index contributed by atoms with van der Waals surface area (Å²) in [6.07, 6.45) is 1.01. The molecule has 0 spiro atoms. The lowest BCUT2D eigenvalue weighted by Crippen LogP contribution is -2.39. The van der Waals surface area contributed by atoms with E-state index >= 15 is 0 Å². The molecule has 7 heteroatoms. The quantitative estimate of drug-likeness (QED) is 0.450. The number of hydrogen-bond donors (Lipinski definition) is 0. The Morgan fingerprint density at radius 1 is 0.905 bits per heavy atom. The number of carbonyl (C=O) groups excluding carboxylic acids is 2. The molecule has 0 aromatic carbocycles. The van der Waals surface area contributed by atoms with E-state index in [0.29, 0.717) is 0 Å². The summed E-state index contributed by atoms with van der Waals surface area (Å²) in [4.78, 5) is 23.0. The lowest BCUT2D eigenvalue weighted by Gasteiger charge is -2.29. The molecule has 0 bridgehead atoms. The van der Waals surface area contributed by atoms with Crippen LogP contribution in [-0.2, 0) is 9.16 Å². The van der Waals surface area contributed by atoms with Crippen molar-refractivity contribution in [3.63, 3.8) is 0 Å². The molecule has 0 aromatic heterocycles. The van der Waals surface area contributed by atoms with Crippen LogP contribution in [0, 0.1) is 0 Å². The number of carbonyl (C=O) groups is 2. The van der Waals surface area contributed by atoms with Crippen molar-refractivity contribution in [2.24, 2.45) is 10.2 Å². The minimum absolute atomic E-state index is 0.291. The Hall–Kier alpha value is -1.24. The van der Waals surface area contributed by atoms with Gasteiger partial charge in [-0.05, 0) is 32.0 Å². The average Bonchev–Trinajstić information content (AvgIpc) is 2.36. The Morgan fingerprint density at radius 3 is 1.71 bits per heavy atom. The summed E-state index contributed by atoms with van der Waals surface area (Å²) in [7, 11) is -2.12. The van der Waals surface area contributed by atoms with Crippen LogP contribution >= 0.6 is 0 Å². The fraction of sp³-hybridized carbons (Fsp3) is 0.857. The molecule has 0 rings (SSSR count).